The fourth-order valence-corrected chi connectivity index (χ4v) is 4.38. The van der Waals surface area contributed by atoms with Crippen LogP contribution in [0, 0.1) is 6.92 Å². The molecule has 0 saturated carbocycles. The highest BCUT2D eigenvalue weighted by atomic mass is 16.3. The molecule has 0 spiro atoms. The van der Waals surface area contributed by atoms with Crippen LogP contribution in [0.4, 0.5) is 0 Å². The van der Waals surface area contributed by atoms with Crippen molar-refractivity contribution in [2.75, 3.05) is 0 Å². The fourth-order valence-electron chi connectivity index (χ4n) is 4.38. The van der Waals surface area contributed by atoms with Crippen molar-refractivity contribution in [3.05, 3.63) is 65.5 Å². The van der Waals surface area contributed by atoms with E-state index in [2.05, 4.69) is 46.6 Å². The van der Waals surface area contributed by atoms with Gasteiger partial charge in [0.2, 0.25) is 0 Å². The highest BCUT2D eigenvalue weighted by Gasteiger charge is 2.12. The molecule has 0 aliphatic carbocycles. The molecule has 0 saturated heterocycles. The second-order valence-corrected chi connectivity index (χ2v) is 8.62. The first-order valence-electron chi connectivity index (χ1n) is 12.0. The van der Waals surface area contributed by atoms with Gasteiger partial charge in [-0.3, -0.25) is 0 Å². The van der Waals surface area contributed by atoms with Crippen LogP contribution < -0.4 is 0 Å². The summed E-state index contributed by atoms with van der Waals surface area (Å²) in [6.45, 7) is 2.14. The second kappa shape index (κ2) is 12.9. The van der Waals surface area contributed by atoms with E-state index in [9.17, 15) is 5.11 Å². The summed E-state index contributed by atoms with van der Waals surface area (Å²) in [6, 6.07) is 14.3. The molecule has 4 heteroatoms. The molecule has 0 aliphatic rings. The maximum Gasteiger partial charge on any atom is 0.119 e. The zero-order chi connectivity index (χ0) is 21.7. The molecule has 0 radical (unpaired) electrons. The Kier molecular flexibility index (Phi) is 9.62. The Bertz CT molecular complexity index is 875. The summed E-state index contributed by atoms with van der Waals surface area (Å²) in [6.07, 6.45) is 16.7. The number of nitrogens with one attached hydrogen (secondary N) is 1. The number of phenols is 1. The second-order valence-electron chi connectivity index (χ2n) is 8.62. The number of aromatic hydroxyl groups is 1. The lowest BCUT2D eigenvalue weighted by Crippen LogP contribution is -1.95. The number of H-pyrrole nitrogens is 1. The first kappa shape index (κ1) is 23.1. The lowest BCUT2D eigenvalue weighted by Gasteiger charge is -2.15. The lowest BCUT2D eigenvalue weighted by atomic mass is 9.91. The molecule has 2 N–H and O–H groups in total. The summed E-state index contributed by atoms with van der Waals surface area (Å²) in [7, 11) is 0. The Labute approximate surface area is 187 Å². The topological polar surface area (TPSA) is 61.8 Å². The van der Waals surface area contributed by atoms with Crippen molar-refractivity contribution in [1.29, 1.82) is 0 Å². The number of aryl methyl sites for hydroxylation is 2. The highest BCUT2D eigenvalue weighted by Crippen LogP contribution is 2.34. The van der Waals surface area contributed by atoms with E-state index >= 15 is 0 Å². The molecule has 0 aliphatic heterocycles. The molecule has 166 valence electrons. The summed E-state index contributed by atoms with van der Waals surface area (Å²) in [4.78, 5) is 0. The number of aromatic nitrogens is 3. The SMILES string of the molecule is Cc1ccc(O)c(CCCCCCCCCCCCc2cn[nH]n2)c1-c1ccccc1. The Morgan fingerprint density at radius 1 is 0.742 bits per heavy atom. The van der Waals surface area contributed by atoms with E-state index in [4.69, 9.17) is 0 Å². The third-order valence-corrected chi connectivity index (χ3v) is 6.13. The van der Waals surface area contributed by atoms with Crippen LogP contribution in [-0.4, -0.2) is 20.5 Å². The number of phenolic OH excluding ortho intramolecular Hbond substituents is 1. The van der Waals surface area contributed by atoms with Crippen LogP contribution in [0.15, 0.2) is 48.7 Å². The van der Waals surface area contributed by atoms with Gasteiger partial charge in [0.25, 0.3) is 0 Å². The van der Waals surface area contributed by atoms with Gasteiger partial charge in [-0.15, -0.1) is 0 Å². The van der Waals surface area contributed by atoms with Gasteiger partial charge in [0.05, 0.1) is 11.9 Å². The first-order chi connectivity index (χ1) is 15.3. The van der Waals surface area contributed by atoms with Crippen LogP contribution in [-0.2, 0) is 12.8 Å². The number of aromatic amines is 1. The lowest BCUT2D eigenvalue weighted by molar-refractivity contribution is 0.466. The minimum Gasteiger partial charge on any atom is -0.508 e. The number of nitrogens with zero attached hydrogens (tertiary/aromatic N) is 2. The van der Waals surface area contributed by atoms with Crippen LogP contribution in [0.2, 0.25) is 0 Å². The van der Waals surface area contributed by atoms with Gasteiger partial charge in [0, 0.05) is 5.56 Å². The van der Waals surface area contributed by atoms with Gasteiger partial charge >= 0.3 is 0 Å². The van der Waals surface area contributed by atoms with Crippen molar-refractivity contribution in [1.82, 2.24) is 15.4 Å². The van der Waals surface area contributed by atoms with Crippen molar-refractivity contribution >= 4 is 0 Å². The molecule has 3 aromatic rings. The third kappa shape index (κ3) is 7.54. The van der Waals surface area contributed by atoms with Crippen LogP contribution >= 0.6 is 0 Å². The molecule has 2 aromatic carbocycles. The predicted octanol–water partition coefficient (Wildman–Crippen LogP) is 7.17. The molecule has 0 unspecified atom stereocenters. The normalized spacial score (nSPS) is 11.1. The highest BCUT2D eigenvalue weighted by molar-refractivity contribution is 5.73. The Morgan fingerprint density at radius 3 is 1.97 bits per heavy atom. The fraction of sp³-hybridized carbons (Fsp3) is 0.481. The van der Waals surface area contributed by atoms with Crippen molar-refractivity contribution in [2.45, 2.75) is 84.0 Å². The number of unbranched alkanes of at least 4 members (excludes halogenated alkanes) is 9. The zero-order valence-electron chi connectivity index (χ0n) is 18.9. The molecule has 1 aromatic heterocycles. The number of hydrogen-bond acceptors (Lipinski definition) is 3. The van der Waals surface area contributed by atoms with Crippen LogP contribution in [0.1, 0.15) is 81.0 Å². The molecule has 1 heterocycles. The third-order valence-electron chi connectivity index (χ3n) is 6.13. The summed E-state index contributed by atoms with van der Waals surface area (Å²) < 4.78 is 0. The minimum absolute atomic E-state index is 0.438. The molecular weight excluding hydrogens is 382 g/mol. The summed E-state index contributed by atoms with van der Waals surface area (Å²) >= 11 is 0. The maximum absolute atomic E-state index is 10.5. The zero-order valence-corrected chi connectivity index (χ0v) is 18.9. The van der Waals surface area contributed by atoms with Crippen LogP contribution in [0.25, 0.3) is 11.1 Å². The van der Waals surface area contributed by atoms with Gasteiger partial charge in [-0.05, 0) is 55.4 Å². The van der Waals surface area contributed by atoms with Gasteiger partial charge in [-0.2, -0.15) is 15.4 Å². The molecule has 0 fully saturated rings. The largest absolute Gasteiger partial charge is 0.508 e. The van der Waals surface area contributed by atoms with Crippen LogP contribution in [0.3, 0.4) is 0 Å². The average molecular weight is 420 g/mol. The van der Waals surface area contributed by atoms with E-state index in [1.807, 2.05) is 24.4 Å². The Morgan fingerprint density at radius 2 is 1.35 bits per heavy atom. The van der Waals surface area contributed by atoms with E-state index in [0.29, 0.717) is 5.75 Å². The van der Waals surface area contributed by atoms with E-state index in [0.717, 1.165) is 30.5 Å². The molecule has 3 rings (SSSR count). The first-order valence-corrected chi connectivity index (χ1v) is 12.0. The van der Waals surface area contributed by atoms with E-state index in [1.165, 1.54) is 74.5 Å². The van der Waals surface area contributed by atoms with Crippen molar-refractivity contribution in [2.24, 2.45) is 0 Å². The Hall–Kier alpha value is -2.62. The van der Waals surface area contributed by atoms with Crippen molar-refractivity contribution in [3.63, 3.8) is 0 Å². The van der Waals surface area contributed by atoms with E-state index in [1.54, 1.807) is 0 Å². The van der Waals surface area contributed by atoms with Gasteiger partial charge in [0.15, 0.2) is 0 Å². The van der Waals surface area contributed by atoms with Gasteiger partial charge in [0.1, 0.15) is 5.75 Å². The predicted molar refractivity (Wildman–Crippen MR) is 128 cm³/mol. The molecule has 31 heavy (non-hydrogen) atoms. The maximum atomic E-state index is 10.5. The average Bonchev–Trinajstić information content (AvgIpc) is 3.31. The van der Waals surface area contributed by atoms with Gasteiger partial charge < -0.3 is 5.11 Å². The number of benzene rings is 2. The van der Waals surface area contributed by atoms with Gasteiger partial charge in [-0.25, -0.2) is 0 Å². The van der Waals surface area contributed by atoms with E-state index in [-0.39, 0.29) is 0 Å². The quantitative estimate of drug-likeness (QED) is 0.272. The number of hydrogen-bond donors (Lipinski definition) is 2. The van der Waals surface area contributed by atoms with Crippen LogP contribution in [0.5, 0.6) is 5.75 Å². The summed E-state index contributed by atoms with van der Waals surface area (Å²) in [5.74, 6) is 0.438. The molecular formula is C27H37N3O. The smallest absolute Gasteiger partial charge is 0.119 e. The Balaban J connectivity index is 1.28. The van der Waals surface area contributed by atoms with E-state index < -0.39 is 0 Å². The minimum atomic E-state index is 0.438. The molecule has 4 nitrogen and oxygen atoms in total. The molecule has 0 amide bonds. The monoisotopic (exact) mass is 419 g/mol. The van der Waals surface area contributed by atoms with Crippen molar-refractivity contribution in [3.8, 4) is 16.9 Å². The molecule has 0 atom stereocenters. The van der Waals surface area contributed by atoms with Gasteiger partial charge in [-0.1, -0.05) is 87.8 Å². The summed E-state index contributed by atoms with van der Waals surface area (Å²) in [5, 5.41) is 21.1. The van der Waals surface area contributed by atoms with Crippen molar-refractivity contribution < 1.29 is 5.11 Å². The standard InChI is InChI=1S/C27H37N3O/c1-22-19-20-26(31)25(27(22)23-15-11-10-12-16-23)18-14-9-7-5-3-2-4-6-8-13-17-24-21-28-30-29-24/h10-12,15-16,19-21,31H,2-9,13-14,17-18H2,1H3,(H,28,29,30). The number of rotatable bonds is 14. The molecule has 0 bridgehead atoms. The summed E-state index contributed by atoms with van der Waals surface area (Å²) in [5.41, 5.74) is 5.84.